The molecule has 1 amide bonds. The molecular formula is C15H21N3O. The van der Waals surface area contributed by atoms with Crippen LogP contribution in [0.4, 0.5) is 5.69 Å². The second kappa shape index (κ2) is 5.21. The van der Waals surface area contributed by atoms with Crippen LogP contribution in [0.5, 0.6) is 0 Å². The van der Waals surface area contributed by atoms with Crippen molar-refractivity contribution < 1.29 is 4.79 Å². The molecule has 1 atom stereocenters. The summed E-state index contributed by atoms with van der Waals surface area (Å²) in [6.45, 7) is 6.30. The van der Waals surface area contributed by atoms with Crippen LogP contribution in [0.25, 0.3) is 0 Å². The number of rotatable bonds is 2. The molecule has 2 aliphatic heterocycles. The van der Waals surface area contributed by atoms with Gasteiger partial charge < -0.3 is 10.2 Å². The first-order valence-electron chi connectivity index (χ1n) is 7.08. The van der Waals surface area contributed by atoms with Gasteiger partial charge in [-0.15, -0.1) is 0 Å². The van der Waals surface area contributed by atoms with Gasteiger partial charge in [0, 0.05) is 38.3 Å². The van der Waals surface area contributed by atoms with Crippen LogP contribution in [0.15, 0.2) is 24.3 Å². The molecule has 0 saturated carbocycles. The van der Waals surface area contributed by atoms with Gasteiger partial charge >= 0.3 is 0 Å². The first-order valence-corrected chi connectivity index (χ1v) is 7.08. The summed E-state index contributed by atoms with van der Waals surface area (Å²) in [5.41, 5.74) is 2.68. The summed E-state index contributed by atoms with van der Waals surface area (Å²) in [6, 6.07) is 8.55. The minimum Gasteiger partial charge on any atom is -0.369 e. The highest BCUT2D eigenvalue weighted by Gasteiger charge is 2.29. The maximum absolute atomic E-state index is 11.3. The molecule has 1 aromatic rings. The van der Waals surface area contributed by atoms with Crippen molar-refractivity contribution in [3.05, 3.63) is 29.8 Å². The summed E-state index contributed by atoms with van der Waals surface area (Å²) in [6.07, 6.45) is 1.91. The first kappa shape index (κ1) is 12.5. The largest absolute Gasteiger partial charge is 0.369 e. The molecule has 0 aromatic heterocycles. The molecule has 1 aromatic carbocycles. The fourth-order valence-electron chi connectivity index (χ4n) is 3.06. The number of piperazine rings is 1. The number of aryl methyl sites for hydroxylation is 1. The number of hydrogen-bond donors (Lipinski definition) is 1. The van der Waals surface area contributed by atoms with Crippen molar-refractivity contribution >= 4 is 11.6 Å². The summed E-state index contributed by atoms with van der Waals surface area (Å²) in [5, 5.41) is 3.06. The van der Waals surface area contributed by atoms with Crippen molar-refractivity contribution in [3.8, 4) is 0 Å². The van der Waals surface area contributed by atoms with Crippen LogP contribution in [0.1, 0.15) is 18.4 Å². The molecule has 0 aliphatic carbocycles. The van der Waals surface area contributed by atoms with Crippen molar-refractivity contribution in [2.45, 2.75) is 25.9 Å². The van der Waals surface area contributed by atoms with E-state index >= 15 is 0 Å². The lowest BCUT2D eigenvalue weighted by atomic mass is 10.1. The summed E-state index contributed by atoms with van der Waals surface area (Å²) < 4.78 is 0. The Balaban J connectivity index is 1.60. The minimum absolute atomic E-state index is 0.200. The average molecular weight is 259 g/mol. The first-order chi connectivity index (χ1) is 9.24. The Morgan fingerprint density at radius 1 is 1.16 bits per heavy atom. The van der Waals surface area contributed by atoms with E-state index in [-0.39, 0.29) is 12.1 Å². The van der Waals surface area contributed by atoms with E-state index in [9.17, 15) is 4.79 Å². The maximum Gasteiger partial charge on any atom is 0.221 e. The normalized spacial score (nSPS) is 24.6. The number of benzene rings is 1. The molecule has 2 aliphatic rings. The molecule has 0 bridgehead atoms. The molecule has 2 saturated heterocycles. The fourth-order valence-corrected chi connectivity index (χ4v) is 3.06. The fraction of sp³-hybridized carbons (Fsp3) is 0.533. The van der Waals surface area contributed by atoms with Gasteiger partial charge in [-0.3, -0.25) is 9.69 Å². The van der Waals surface area contributed by atoms with Gasteiger partial charge in [0.05, 0.1) is 6.17 Å². The van der Waals surface area contributed by atoms with Crippen molar-refractivity contribution in [2.24, 2.45) is 0 Å². The van der Waals surface area contributed by atoms with Crippen LogP contribution < -0.4 is 10.2 Å². The molecule has 19 heavy (non-hydrogen) atoms. The quantitative estimate of drug-likeness (QED) is 0.871. The third-order valence-corrected chi connectivity index (χ3v) is 4.18. The zero-order chi connectivity index (χ0) is 13.2. The highest BCUT2D eigenvalue weighted by atomic mass is 16.2. The smallest absolute Gasteiger partial charge is 0.221 e. The third-order valence-electron chi connectivity index (χ3n) is 4.18. The van der Waals surface area contributed by atoms with E-state index in [2.05, 4.69) is 46.3 Å². The van der Waals surface area contributed by atoms with Gasteiger partial charge in [-0.05, 0) is 25.0 Å². The summed E-state index contributed by atoms with van der Waals surface area (Å²) >= 11 is 0. The van der Waals surface area contributed by atoms with E-state index in [0.717, 1.165) is 32.6 Å². The summed E-state index contributed by atoms with van der Waals surface area (Å²) in [5.74, 6) is 0.200. The number of para-hydroxylation sites is 1. The Morgan fingerprint density at radius 3 is 2.53 bits per heavy atom. The zero-order valence-corrected chi connectivity index (χ0v) is 11.4. The monoisotopic (exact) mass is 259 g/mol. The van der Waals surface area contributed by atoms with E-state index in [1.165, 1.54) is 11.3 Å². The van der Waals surface area contributed by atoms with Crippen molar-refractivity contribution in [1.82, 2.24) is 10.2 Å². The number of carbonyl (C=O) groups excluding carboxylic acids is 1. The van der Waals surface area contributed by atoms with Crippen LogP contribution in [-0.2, 0) is 4.79 Å². The van der Waals surface area contributed by atoms with Crippen molar-refractivity contribution in [3.63, 3.8) is 0 Å². The predicted molar refractivity (Wildman–Crippen MR) is 76.1 cm³/mol. The van der Waals surface area contributed by atoms with Crippen molar-refractivity contribution in [1.29, 1.82) is 0 Å². The number of nitrogens with zero attached hydrogens (tertiary/aromatic N) is 2. The van der Waals surface area contributed by atoms with Crippen LogP contribution in [0.3, 0.4) is 0 Å². The molecule has 2 fully saturated rings. The van der Waals surface area contributed by atoms with E-state index in [0.29, 0.717) is 6.42 Å². The number of amides is 1. The number of carbonyl (C=O) groups is 1. The molecule has 1 N–H and O–H groups in total. The Bertz CT molecular complexity index is 466. The Hall–Kier alpha value is -1.55. The molecule has 1 unspecified atom stereocenters. The zero-order valence-electron chi connectivity index (χ0n) is 11.4. The highest BCUT2D eigenvalue weighted by Crippen LogP contribution is 2.22. The second-order valence-corrected chi connectivity index (χ2v) is 5.43. The molecular weight excluding hydrogens is 238 g/mol. The molecule has 0 radical (unpaired) electrons. The summed E-state index contributed by atoms with van der Waals surface area (Å²) in [7, 11) is 0. The van der Waals surface area contributed by atoms with E-state index in [1.807, 2.05) is 0 Å². The molecule has 4 heteroatoms. The van der Waals surface area contributed by atoms with Crippen LogP contribution in [-0.4, -0.2) is 43.2 Å². The lowest BCUT2D eigenvalue weighted by molar-refractivity contribution is -0.119. The standard InChI is InChI=1S/C15H21N3O/c1-12-4-2-3-5-13(12)17-8-10-18(11-9-17)14-6-7-15(19)16-14/h2-5,14H,6-11H2,1H3,(H,16,19). The predicted octanol–water partition coefficient (Wildman–Crippen LogP) is 1.35. The SMILES string of the molecule is Cc1ccccc1N1CCN(C2CCC(=O)N2)CC1. The molecule has 0 spiro atoms. The second-order valence-electron chi connectivity index (χ2n) is 5.43. The number of anilines is 1. The highest BCUT2D eigenvalue weighted by molar-refractivity contribution is 5.78. The minimum atomic E-state index is 0.200. The van der Waals surface area contributed by atoms with E-state index in [4.69, 9.17) is 0 Å². The molecule has 102 valence electrons. The van der Waals surface area contributed by atoms with Crippen LogP contribution in [0, 0.1) is 6.92 Å². The van der Waals surface area contributed by atoms with Gasteiger partial charge in [0.1, 0.15) is 0 Å². The molecule has 4 nitrogen and oxygen atoms in total. The summed E-state index contributed by atoms with van der Waals surface area (Å²) in [4.78, 5) is 16.1. The molecule has 3 rings (SSSR count). The Morgan fingerprint density at radius 2 is 1.89 bits per heavy atom. The number of hydrogen-bond acceptors (Lipinski definition) is 3. The van der Waals surface area contributed by atoms with Crippen molar-refractivity contribution in [2.75, 3.05) is 31.1 Å². The van der Waals surface area contributed by atoms with E-state index in [1.54, 1.807) is 0 Å². The van der Waals surface area contributed by atoms with E-state index < -0.39 is 0 Å². The maximum atomic E-state index is 11.3. The molecule has 2 heterocycles. The third kappa shape index (κ3) is 2.59. The topological polar surface area (TPSA) is 35.6 Å². The van der Waals surface area contributed by atoms with Gasteiger partial charge in [-0.25, -0.2) is 0 Å². The van der Waals surface area contributed by atoms with Crippen LogP contribution in [0.2, 0.25) is 0 Å². The average Bonchev–Trinajstić information content (AvgIpc) is 2.86. The Labute approximate surface area is 114 Å². The number of nitrogens with one attached hydrogen (secondary N) is 1. The van der Waals surface area contributed by atoms with Gasteiger partial charge in [0.15, 0.2) is 0 Å². The lowest BCUT2D eigenvalue weighted by Gasteiger charge is -2.39. The van der Waals surface area contributed by atoms with Crippen LogP contribution >= 0.6 is 0 Å². The van der Waals surface area contributed by atoms with Gasteiger partial charge in [0.25, 0.3) is 0 Å². The van der Waals surface area contributed by atoms with Gasteiger partial charge in [-0.1, -0.05) is 18.2 Å². The Kier molecular flexibility index (Phi) is 3.42. The van der Waals surface area contributed by atoms with Gasteiger partial charge in [-0.2, -0.15) is 0 Å². The lowest BCUT2D eigenvalue weighted by Crippen LogP contribution is -2.53. The van der Waals surface area contributed by atoms with Gasteiger partial charge in [0.2, 0.25) is 5.91 Å².